The second kappa shape index (κ2) is 5.35. The molecular formula is C17H15ClN2O. The zero-order valence-electron chi connectivity index (χ0n) is 12.5. The second-order valence-electron chi connectivity index (χ2n) is 4.89. The molecule has 0 bridgehead atoms. The van der Waals surface area contributed by atoms with Crippen LogP contribution in [0, 0.1) is 0 Å². The third kappa shape index (κ3) is 2.35. The summed E-state index contributed by atoms with van der Waals surface area (Å²) in [6.07, 6.45) is 0. The highest BCUT2D eigenvalue weighted by Crippen LogP contribution is 2.24. The molecule has 0 fully saturated rings. The average Bonchev–Trinajstić information content (AvgIpc) is 2.47. The van der Waals surface area contributed by atoms with E-state index in [1.54, 1.807) is 43.3 Å². The van der Waals surface area contributed by atoms with E-state index in [4.69, 9.17) is 18.7 Å². The van der Waals surface area contributed by atoms with Gasteiger partial charge in [-0.05, 0) is 36.6 Å². The number of nitrogens with zero attached hydrogens (tertiary/aromatic N) is 1. The molecule has 0 saturated carbocycles. The zero-order chi connectivity index (χ0) is 15.9. The maximum atomic E-state index is 13.0. The van der Waals surface area contributed by atoms with Crippen molar-refractivity contribution in [1.82, 2.24) is 4.57 Å². The molecule has 0 radical (unpaired) electrons. The number of benzene rings is 2. The Morgan fingerprint density at radius 3 is 2.57 bits per heavy atom. The van der Waals surface area contributed by atoms with E-state index in [1.807, 2.05) is 18.2 Å². The van der Waals surface area contributed by atoms with Crippen LogP contribution in [0.5, 0.6) is 0 Å². The van der Waals surface area contributed by atoms with E-state index < -0.39 is 6.02 Å². The van der Waals surface area contributed by atoms with Gasteiger partial charge >= 0.3 is 0 Å². The van der Waals surface area contributed by atoms with Gasteiger partial charge < -0.3 is 5.73 Å². The molecule has 2 N–H and O–H groups in total. The number of halogens is 1. The molecule has 0 aliphatic heterocycles. The highest BCUT2D eigenvalue weighted by Gasteiger charge is 2.15. The van der Waals surface area contributed by atoms with Gasteiger partial charge in [0.15, 0.2) is 0 Å². The molecule has 0 spiro atoms. The Kier molecular flexibility index (Phi) is 3.22. The van der Waals surface area contributed by atoms with Crippen LogP contribution in [0.3, 0.4) is 0 Å². The quantitative estimate of drug-likeness (QED) is 0.785. The second-order valence-corrected chi connectivity index (χ2v) is 5.30. The Bertz CT molecular complexity index is 898. The topological polar surface area (TPSA) is 48.0 Å². The van der Waals surface area contributed by atoms with Gasteiger partial charge in [-0.2, -0.15) is 0 Å². The summed E-state index contributed by atoms with van der Waals surface area (Å²) < 4.78 is 9.63. The lowest BCUT2D eigenvalue weighted by molar-refractivity contribution is 0.734. The molecular weight excluding hydrogens is 284 g/mol. The fraction of sp³-hybridized carbons (Fsp3) is 0.118. The fourth-order valence-corrected chi connectivity index (χ4v) is 2.71. The Labute approximate surface area is 129 Å². The van der Waals surface area contributed by atoms with Crippen molar-refractivity contribution in [2.75, 3.05) is 0 Å². The van der Waals surface area contributed by atoms with Gasteiger partial charge in [0.1, 0.15) is 0 Å². The van der Waals surface area contributed by atoms with Gasteiger partial charge in [0.2, 0.25) is 0 Å². The van der Waals surface area contributed by atoms with Crippen LogP contribution in [0.1, 0.15) is 20.0 Å². The van der Waals surface area contributed by atoms with Crippen molar-refractivity contribution in [3.05, 3.63) is 75.7 Å². The number of pyridine rings is 1. The van der Waals surface area contributed by atoms with Gasteiger partial charge in [-0.15, -0.1) is 0 Å². The van der Waals surface area contributed by atoms with E-state index in [0.717, 1.165) is 0 Å². The Balaban J connectivity index is 2.50. The number of rotatable bonds is 2. The minimum atomic E-state index is -1.41. The molecule has 1 aromatic heterocycles. The zero-order valence-corrected chi connectivity index (χ0v) is 12.3. The predicted molar refractivity (Wildman–Crippen MR) is 87.2 cm³/mol. The molecule has 0 amide bonds. The summed E-state index contributed by atoms with van der Waals surface area (Å²) in [5.41, 5.74) is 6.77. The molecule has 1 atom stereocenters. The fourth-order valence-electron chi connectivity index (χ4n) is 2.44. The normalized spacial score (nSPS) is 14.7. The van der Waals surface area contributed by atoms with Crippen LogP contribution in [-0.2, 0) is 0 Å². The molecule has 4 heteroatoms. The van der Waals surface area contributed by atoms with Gasteiger partial charge in [0, 0.05) is 17.4 Å². The maximum absolute atomic E-state index is 13.0. The predicted octanol–water partition coefficient (Wildman–Crippen LogP) is 3.66. The first-order chi connectivity index (χ1) is 10.4. The molecule has 1 heterocycles. The van der Waals surface area contributed by atoms with Crippen LogP contribution in [0.4, 0.5) is 0 Å². The third-order valence-corrected chi connectivity index (χ3v) is 3.73. The summed E-state index contributed by atoms with van der Waals surface area (Å²) in [6.45, 7) is 1.55. The van der Waals surface area contributed by atoms with E-state index >= 15 is 0 Å². The standard InChI is InChI=1S/C17H15ClN2O/c1-11(19)15-10-12-6-5-9-14(18)16(12)17(21)20(15)13-7-3-2-4-8-13/h2-11H,19H2,1H3/t11-/m0/s1/i11D. The summed E-state index contributed by atoms with van der Waals surface area (Å²) in [5.74, 6) is 0. The van der Waals surface area contributed by atoms with E-state index in [9.17, 15) is 4.79 Å². The van der Waals surface area contributed by atoms with Crippen molar-refractivity contribution in [3.63, 3.8) is 0 Å². The van der Waals surface area contributed by atoms with Crippen molar-refractivity contribution in [2.24, 2.45) is 5.73 Å². The molecule has 106 valence electrons. The van der Waals surface area contributed by atoms with Gasteiger partial charge in [0.25, 0.3) is 5.56 Å². The van der Waals surface area contributed by atoms with Crippen LogP contribution < -0.4 is 11.3 Å². The Hall–Kier alpha value is -2.10. The minimum absolute atomic E-state index is 0.270. The van der Waals surface area contributed by atoms with E-state index in [1.165, 1.54) is 4.57 Å². The van der Waals surface area contributed by atoms with Crippen molar-refractivity contribution < 1.29 is 1.37 Å². The van der Waals surface area contributed by atoms with Gasteiger partial charge in [-0.3, -0.25) is 9.36 Å². The third-order valence-electron chi connectivity index (χ3n) is 3.41. The number of hydrogen-bond acceptors (Lipinski definition) is 2. The van der Waals surface area contributed by atoms with Crippen LogP contribution >= 0.6 is 11.6 Å². The Morgan fingerprint density at radius 1 is 1.19 bits per heavy atom. The largest absolute Gasteiger partial charge is 0.323 e. The molecule has 0 aliphatic rings. The summed E-state index contributed by atoms with van der Waals surface area (Å²) in [4.78, 5) is 13.0. The van der Waals surface area contributed by atoms with Gasteiger partial charge in [-0.25, -0.2) is 0 Å². The Morgan fingerprint density at radius 2 is 1.90 bits per heavy atom. The molecule has 3 aromatic rings. The molecule has 0 unspecified atom stereocenters. The van der Waals surface area contributed by atoms with Crippen molar-refractivity contribution in [1.29, 1.82) is 0 Å². The number of fused-ring (bicyclic) bond motifs is 1. The number of hydrogen-bond donors (Lipinski definition) is 1. The van der Waals surface area contributed by atoms with Crippen LogP contribution in [-0.4, -0.2) is 4.57 Å². The highest BCUT2D eigenvalue weighted by molar-refractivity contribution is 6.35. The highest BCUT2D eigenvalue weighted by atomic mass is 35.5. The number of para-hydroxylation sites is 1. The summed E-state index contributed by atoms with van der Waals surface area (Å²) in [5, 5.41) is 1.51. The van der Waals surface area contributed by atoms with Crippen molar-refractivity contribution in [2.45, 2.75) is 12.9 Å². The van der Waals surface area contributed by atoms with Gasteiger partial charge in [0.05, 0.1) is 11.8 Å². The molecule has 3 rings (SSSR count). The molecule has 0 saturated heterocycles. The van der Waals surface area contributed by atoms with Crippen LogP contribution in [0.15, 0.2) is 59.4 Å². The lowest BCUT2D eigenvalue weighted by atomic mass is 10.1. The summed E-state index contributed by atoms with van der Waals surface area (Å²) in [7, 11) is 0. The smallest absolute Gasteiger partial charge is 0.264 e. The summed E-state index contributed by atoms with van der Waals surface area (Å²) in [6, 6.07) is 14.7. The SMILES string of the molecule is [2H][C@@](C)(N)c1cc2cccc(Cl)c2c(=O)n1-c1ccccc1. The average molecular weight is 300 g/mol. The van der Waals surface area contributed by atoms with Crippen LogP contribution in [0.25, 0.3) is 16.5 Å². The lowest BCUT2D eigenvalue weighted by Crippen LogP contribution is -2.25. The molecule has 3 nitrogen and oxygen atoms in total. The monoisotopic (exact) mass is 299 g/mol. The number of nitrogens with two attached hydrogens (primary N) is 1. The summed E-state index contributed by atoms with van der Waals surface area (Å²) >= 11 is 6.20. The van der Waals surface area contributed by atoms with E-state index in [0.29, 0.717) is 27.2 Å². The lowest BCUT2D eigenvalue weighted by Gasteiger charge is -2.17. The van der Waals surface area contributed by atoms with E-state index in [2.05, 4.69) is 0 Å². The van der Waals surface area contributed by atoms with Crippen LogP contribution in [0.2, 0.25) is 5.02 Å². The number of aromatic nitrogens is 1. The first-order valence-electron chi connectivity index (χ1n) is 7.08. The molecule has 21 heavy (non-hydrogen) atoms. The maximum Gasteiger partial charge on any atom is 0.264 e. The molecule has 0 aliphatic carbocycles. The minimum Gasteiger partial charge on any atom is -0.323 e. The van der Waals surface area contributed by atoms with E-state index in [-0.39, 0.29) is 5.56 Å². The van der Waals surface area contributed by atoms with Gasteiger partial charge in [-0.1, -0.05) is 41.9 Å². The first kappa shape index (κ1) is 12.6. The first-order valence-corrected chi connectivity index (χ1v) is 6.96. The molecule has 2 aromatic carbocycles. The van der Waals surface area contributed by atoms with Crippen molar-refractivity contribution in [3.8, 4) is 5.69 Å². The van der Waals surface area contributed by atoms with Crippen molar-refractivity contribution >= 4 is 22.4 Å².